The zero-order valence-electron chi connectivity index (χ0n) is 17.8. The standard InChI is InChI=1S/C22H26Cl2N2O5S/c1-22(28,25-21(27)17-5-3-4-6-20(17)32(2,29)30)14-26-11-9-15(10-12-26)31-16-7-8-18(23)19(24)13-16/h3-8,13,15,28H,9-12,14H2,1-2H3,(H,25,27)/t22-/m0/s1. The van der Waals surface area contributed by atoms with Gasteiger partial charge in [0.05, 0.1) is 20.5 Å². The molecule has 1 saturated heterocycles. The number of nitrogens with zero attached hydrogens (tertiary/aromatic N) is 1. The number of nitrogens with one attached hydrogen (secondary N) is 1. The van der Waals surface area contributed by atoms with Crippen LogP contribution in [0, 0.1) is 0 Å². The van der Waals surface area contributed by atoms with Gasteiger partial charge in [-0.25, -0.2) is 8.42 Å². The molecule has 7 nitrogen and oxygen atoms in total. The van der Waals surface area contributed by atoms with Crippen LogP contribution in [0.4, 0.5) is 0 Å². The van der Waals surface area contributed by atoms with Crippen LogP contribution in [0.2, 0.25) is 10.0 Å². The number of aliphatic hydroxyl groups is 1. The fraction of sp³-hybridized carbons (Fsp3) is 0.409. The fourth-order valence-electron chi connectivity index (χ4n) is 3.69. The SMILES string of the molecule is C[C@](O)(CN1CCC(Oc2ccc(Cl)c(Cl)c2)CC1)NC(=O)c1ccccc1S(C)(=O)=O. The number of carbonyl (C=O) groups excluding carboxylic acids is 1. The topological polar surface area (TPSA) is 95.9 Å². The van der Waals surface area contributed by atoms with Gasteiger partial charge in [0, 0.05) is 32.0 Å². The average Bonchev–Trinajstić information content (AvgIpc) is 2.71. The molecular formula is C22H26Cl2N2O5S. The molecule has 2 N–H and O–H groups in total. The maximum Gasteiger partial charge on any atom is 0.254 e. The van der Waals surface area contributed by atoms with Gasteiger partial charge in [-0.3, -0.25) is 9.69 Å². The molecule has 10 heteroatoms. The predicted molar refractivity (Wildman–Crippen MR) is 124 cm³/mol. The number of benzene rings is 2. The van der Waals surface area contributed by atoms with Crippen LogP contribution in [0.3, 0.4) is 0 Å². The van der Waals surface area contributed by atoms with Crippen molar-refractivity contribution in [3.63, 3.8) is 0 Å². The van der Waals surface area contributed by atoms with Gasteiger partial charge in [-0.15, -0.1) is 0 Å². The van der Waals surface area contributed by atoms with Gasteiger partial charge in [0.2, 0.25) is 0 Å². The zero-order valence-corrected chi connectivity index (χ0v) is 20.2. The summed E-state index contributed by atoms with van der Waals surface area (Å²) >= 11 is 12.0. The minimum absolute atomic E-state index is 0.00371. The molecule has 1 fully saturated rings. The van der Waals surface area contributed by atoms with Gasteiger partial charge in [0.1, 0.15) is 17.6 Å². The second-order valence-electron chi connectivity index (χ2n) is 8.17. The van der Waals surface area contributed by atoms with Gasteiger partial charge >= 0.3 is 0 Å². The summed E-state index contributed by atoms with van der Waals surface area (Å²) in [6, 6.07) is 11.1. The Labute approximate surface area is 198 Å². The largest absolute Gasteiger partial charge is 0.490 e. The van der Waals surface area contributed by atoms with E-state index in [9.17, 15) is 18.3 Å². The average molecular weight is 501 g/mol. The number of hydrogen-bond acceptors (Lipinski definition) is 6. The lowest BCUT2D eigenvalue weighted by molar-refractivity contribution is -0.0187. The first kappa shape index (κ1) is 24.8. The Morgan fingerprint density at radius 2 is 1.84 bits per heavy atom. The van der Waals surface area contributed by atoms with Gasteiger partial charge in [0.25, 0.3) is 5.91 Å². The van der Waals surface area contributed by atoms with E-state index in [1.165, 1.54) is 19.1 Å². The number of amides is 1. The van der Waals surface area contributed by atoms with Crippen LogP contribution < -0.4 is 10.1 Å². The van der Waals surface area contributed by atoms with Crippen molar-refractivity contribution in [1.82, 2.24) is 10.2 Å². The van der Waals surface area contributed by atoms with Gasteiger partial charge in [-0.1, -0.05) is 35.3 Å². The van der Waals surface area contributed by atoms with Crippen LogP contribution >= 0.6 is 23.2 Å². The number of carbonyl (C=O) groups is 1. The Kier molecular flexibility index (Phi) is 7.73. The molecule has 0 spiro atoms. The van der Waals surface area contributed by atoms with Gasteiger partial charge < -0.3 is 15.2 Å². The van der Waals surface area contributed by atoms with E-state index in [4.69, 9.17) is 27.9 Å². The minimum atomic E-state index is -3.58. The smallest absolute Gasteiger partial charge is 0.254 e. The predicted octanol–water partition coefficient (Wildman–Crippen LogP) is 3.38. The first-order valence-electron chi connectivity index (χ1n) is 10.1. The molecule has 0 aliphatic carbocycles. The Morgan fingerprint density at radius 3 is 2.47 bits per heavy atom. The molecule has 0 radical (unpaired) electrons. The summed E-state index contributed by atoms with van der Waals surface area (Å²) < 4.78 is 29.9. The third kappa shape index (κ3) is 6.59. The van der Waals surface area contributed by atoms with E-state index in [1.54, 1.807) is 30.3 Å². The van der Waals surface area contributed by atoms with E-state index >= 15 is 0 Å². The van der Waals surface area contributed by atoms with Crippen molar-refractivity contribution in [1.29, 1.82) is 0 Å². The number of hydrogen-bond donors (Lipinski definition) is 2. The molecule has 1 heterocycles. The van der Waals surface area contributed by atoms with E-state index in [2.05, 4.69) is 5.32 Å². The van der Waals surface area contributed by atoms with E-state index in [0.717, 1.165) is 19.1 Å². The zero-order chi connectivity index (χ0) is 23.5. The van der Waals surface area contributed by atoms with Crippen LogP contribution in [-0.2, 0) is 9.84 Å². The molecule has 3 rings (SSSR count). The summed E-state index contributed by atoms with van der Waals surface area (Å²) in [4.78, 5) is 14.6. The number of likely N-dealkylation sites (tertiary alicyclic amines) is 1. The first-order valence-corrected chi connectivity index (χ1v) is 12.8. The van der Waals surface area contributed by atoms with Crippen molar-refractivity contribution in [2.24, 2.45) is 0 Å². The third-order valence-electron chi connectivity index (χ3n) is 5.17. The Balaban J connectivity index is 1.55. The molecule has 1 amide bonds. The number of ether oxygens (including phenoxy) is 1. The monoisotopic (exact) mass is 500 g/mol. The Hall–Kier alpha value is -1.84. The van der Waals surface area contributed by atoms with E-state index < -0.39 is 21.5 Å². The number of halogens is 2. The van der Waals surface area contributed by atoms with Crippen LogP contribution in [0.1, 0.15) is 30.1 Å². The minimum Gasteiger partial charge on any atom is -0.490 e. The highest BCUT2D eigenvalue weighted by atomic mass is 35.5. The molecule has 2 aromatic rings. The molecule has 174 valence electrons. The van der Waals surface area contributed by atoms with Crippen LogP contribution in [0.25, 0.3) is 0 Å². The van der Waals surface area contributed by atoms with E-state index in [-0.39, 0.29) is 23.1 Å². The van der Waals surface area contributed by atoms with E-state index in [0.29, 0.717) is 28.9 Å². The molecule has 32 heavy (non-hydrogen) atoms. The summed E-state index contributed by atoms with van der Waals surface area (Å²) in [6.07, 6.45) is 2.52. The summed E-state index contributed by atoms with van der Waals surface area (Å²) in [5.41, 5.74) is -1.54. The lowest BCUT2D eigenvalue weighted by Gasteiger charge is -2.37. The number of sulfone groups is 1. The number of piperidine rings is 1. The van der Waals surface area contributed by atoms with Crippen molar-refractivity contribution in [3.8, 4) is 5.75 Å². The van der Waals surface area contributed by atoms with Gasteiger partial charge in [0.15, 0.2) is 9.84 Å². The van der Waals surface area contributed by atoms with Crippen molar-refractivity contribution < 1.29 is 23.1 Å². The highest BCUT2D eigenvalue weighted by molar-refractivity contribution is 7.90. The summed E-state index contributed by atoms with van der Waals surface area (Å²) in [5, 5.41) is 14.2. The lowest BCUT2D eigenvalue weighted by Crippen LogP contribution is -2.55. The second kappa shape index (κ2) is 9.97. The summed E-state index contributed by atoms with van der Waals surface area (Å²) in [6.45, 7) is 3.02. The molecule has 1 aliphatic rings. The van der Waals surface area contributed by atoms with Crippen molar-refractivity contribution >= 4 is 38.9 Å². The summed E-state index contributed by atoms with van der Waals surface area (Å²) in [5.74, 6) is 0.00973. The Bertz CT molecular complexity index is 1080. The van der Waals surface area contributed by atoms with E-state index in [1.807, 2.05) is 4.90 Å². The molecule has 0 aromatic heterocycles. The molecule has 1 aliphatic heterocycles. The molecular weight excluding hydrogens is 475 g/mol. The van der Waals surface area contributed by atoms with Crippen LogP contribution in [0.5, 0.6) is 5.75 Å². The molecule has 2 aromatic carbocycles. The molecule has 0 bridgehead atoms. The number of β-amino-alcohol motifs (C(OH)–C–C–N with tert-alkyl or cyclic N) is 1. The second-order valence-corrected chi connectivity index (χ2v) is 11.0. The highest BCUT2D eigenvalue weighted by Crippen LogP contribution is 2.28. The lowest BCUT2D eigenvalue weighted by atomic mass is 10.1. The first-order chi connectivity index (χ1) is 14.9. The van der Waals surface area contributed by atoms with Crippen LogP contribution in [-0.4, -0.2) is 62.1 Å². The molecule has 0 unspecified atom stereocenters. The maximum absolute atomic E-state index is 12.7. The Morgan fingerprint density at radius 1 is 1.19 bits per heavy atom. The van der Waals surface area contributed by atoms with Crippen molar-refractivity contribution in [2.45, 2.75) is 36.5 Å². The molecule has 0 saturated carbocycles. The van der Waals surface area contributed by atoms with Gasteiger partial charge in [-0.05, 0) is 44.0 Å². The third-order valence-corrected chi connectivity index (χ3v) is 7.07. The summed E-state index contributed by atoms with van der Waals surface area (Å²) in [7, 11) is -3.58. The van der Waals surface area contributed by atoms with Gasteiger partial charge in [-0.2, -0.15) is 0 Å². The van der Waals surface area contributed by atoms with Crippen LogP contribution in [0.15, 0.2) is 47.4 Å². The fourth-order valence-corrected chi connectivity index (χ4v) is 4.87. The quantitative estimate of drug-likeness (QED) is 0.565. The van der Waals surface area contributed by atoms with Crippen molar-refractivity contribution in [2.75, 3.05) is 25.9 Å². The normalized spacial score (nSPS) is 17.5. The highest BCUT2D eigenvalue weighted by Gasteiger charge is 2.31. The van der Waals surface area contributed by atoms with Crippen molar-refractivity contribution in [3.05, 3.63) is 58.1 Å². The maximum atomic E-state index is 12.7. The number of rotatable bonds is 7. The molecule has 1 atom stereocenters.